The molecule has 0 atom stereocenters. The number of hydrogen-bond acceptors (Lipinski definition) is 5. The van der Waals surface area contributed by atoms with E-state index in [-0.39, 0.29) is 24.3 Å². The topological polar surface area (TPSA) is 69.7 Å². The summed E-state index contributed by atoms with van der Waals surface area (Å²) in [6.07, 6.45) is 6.71. The Hall–Kier alpha value is -2.97. The van der Waals surface area contributed by atoms with Crippen LogP contribution in [0.5, 0.6) is 0 Å². The zero-order chi connectivity index (χ0) is 26.5. The van der Waals surface area contributed by atoms with Crippen molar-refractivity contribution in [2.45, 2.75) is 59.3 Å². The minimum absolute atomic E-state index is 0.148. The molecule has 1 N–H and O–H groups in total. The average Bonchev–Trinajstić information content (AvgIpc) is 3.30. The summed E-state index contributed by atoms with van der Waals surface area (Å²) >= 11 is 6.71. The number of aryl methyl sites for hydroxylation is 2. The van der Waals surface area contributed by atoms with E-state index in [2.05, 4.69) is 12.2 Å². The van der Waals surface area contributed by atoms with Gasteiger partial charge in [0.2, 0.25) is 5.91 Å². The third kappa shape index (κ3) is 5.96. The molecule has 4 rings (SSSR count). The first-order chi connectivity index (χ1) is 17.8. The maximum absolute atomic E-state index is 13.6. The van der Waals surface area contributed by atoms with Crippen molar-refractivity contribution >= 4 is 63.0 Å². The number of thioether (sulfide) groups is 1. The quantitative estimate of drug-likeness (QED) is 0.222. The number of carbonyl (C=O) groups excluding carboxylic acids is 3. The van der Waals surface area contributed by atoms with Gasteiger partial charge < -0.3 is 5.32 Å². The zero-order valence-electron chi connectivity index (χ0n) is 21.6. The van der Waals surface area contributed by atoms with Crippen LogP contribution < -0.4 is 10.2 Å². The van der Waals surface area contributed by atoms with Crippen molar-refractivity contribution in [2.75, 3.05) is 23.3 Å². The van der Waals surface area contributed by atoms with E-state index in [1.54, 1.807) is 4.90 Å². The number of anilines is 2. The molecule has 1 saturated heterocycles. The highest BCUT2D eigenvalue weighted by Gasteiger charge is 2.42. The van der Waals surface area contributed by atoms with Gasteiger partial charge in [0.1, 0.15) is 10.9 Å². The predicted octanol–water partition coefficient (Wildman–Crippen LogP) is 6.22. The normalized spacial score (nSPS) is 17.1. The first-order valence-electron chi connectivity index (χ1n) is 12.9. The highest BCUT2D eigenvalue weighted by molar-refractivity contribution is 8.26. The van der Waals surface area contributed by atoms with Crippen molar-refractivity contribution in [3.05, 3.63) is 64.1 Å². The van der Waals surface area contributed by atoms with Crippen LogP contribution in [0, 0.1) is 13.8 Å². The summed E-state index contributed by atoms with van der Waals surface area (Å²) in [6, 6.07) is 13.1. The predicted molar refractivity (Wildman–Crippen MR) is 156 cm³/mol. The first-order valence-corrected chi connectivity index (χ1v) is 14.1. The number of fused-ring (bicyclic) bond motifs is 1. The zero-order valence-corrected chi connectivity index (χ0v) is 23.3. The molecule has 2 aliphatic heterocycles. The first kappa shape index (κ1) is 27.1. The second-order valence-corrected chi connectivity index (χ2v) is 11.2. The number of unbranched alkanes of at least 4 members (excludes halogenated alkanes) is 5. The summed E-state index contributed by atoms with van der Waals surface area (Å²) in [5.41, 5.74) is 4.39. The number of amides is 3. The summed E-state index contributed by atoms with van der Waals surface area (Å²) in [5.74, 6) is -0.868. The van der Waals surface area contributed by atoms with Crippen LogP contribution in [0.2, 0.25) is 0 Å². The molecule has 3 amide bonds. The fourth-order valence-corrected chi connectivity index (χ4v) is 6.12. The van der Waals surface area contributed by atoms with E-state index in [1.807, 2.05) is 56.3 Å². The summed E-state index contributed by atoms with van der Waals surface area (Å²) in [5, 5.41) is 2.91. The van der Waals surface area contributed by atoms with Crippen LogP contribution in [0.4, 0.5) is 11.4 Å². The molecule has 0 bridgehead atoms. The fraction of sp³-hybridized carbons (Fsp3) is 0.379. The van der Waals surface area contributed by atoms with E-state index in [0.29, 0.717) is 38.3 Å². The molecule has 6 nitrogen and oxygen atoms in total. The molecule has 0 radical (unpaired) electrons. The Kier molecular flexibility index (Phi) is 8.82. The largest absolute Gasteiger partial charge is 0.324 e. The SMILES string of the molecule is CCCCCCCCN1C(=O)/C(=C2/C(=O)N(CC(=O)Nc3ccc(C)cc3C)c3ccccc32)SC1=S. The highest BCUT2D eigenvalue weighted by atomic mass is 32.2. The minimum Gasteiger partial charge on any atom is -0.324 e. The number of hydrogen-bond donors (Lipinski definition) is 1. The van der Waals surface area contributed by atoms with Crippen LogP contribution in [0.15, 0.2) is 47.4 Å². The van der Waals surface area contributed by atoms with Crippen molar-refractivity contribution in [1.82, 2.24) is 4.90 Å². The Morgan fingerprint density at radius 3 is 2.43 bits per heavy atom. The van der Waals surface area contributed by atoms with Gasteiger partial charge in [0.15, 0.2) is 0 Å². The van der Waals surface area contributed by atoms with Gasteiger partial charge in [-0.2, -0.15) is 0 Å². The standard InChI is InChI=1S/C29H33N3O3S2/c1-4-5-6-7-8-11-16-31-28(35)26(37-29(31)36)25-21-12-9-10-13-23(21)32(27(25)34)18-24(33)30-22-15-14-19(2)17-20(22)3/h9-10,12-15,17H,4-8,11,16,18H2,1-3H3,(H,30,33)/b26-25-. The van der Waals surface area contributed by atoms with Crippen molar-refractivity contribution in [3.63, 3.8) is 0 Å². The molecule has 2 aromatic carbocycles. The molecule has 0 aliphatic carbocycles. The minimum atomic E-state index is -0.350. The molecule has 194 valence electrons. The van der Waals surface area contributed by atoms with E-state index < -0.39 is 0 Å². The molecule has 2 aliphatic rings. The van der Waals surface area contributed by atoms with Crippen LogP contribution in [0.25, 0.3) is 5.57 Å². The van der Waals surface area contributed by atoms with Gasteiger partial charge in [0.25, 0.3) is 11.8 Å². The number of para-hydroxylation sites is 1. The van der Waals surface area contributed by atoms with E-state index in [0.717, 1.165) is 30.4 Å². The Morgan fingerprint density at radius 1 is 0.946 bits per heavy atom. The van der Waals surface area contributed by atoms with Gasteiger partial charge in [0.05, 0.1) is 16.2 Å². The van der Waals surface area contributed by atoms with Crippen LogP contribution in [-0.4, -0.2) is 40.0 Å². The van der Waals surface area contributed by atoms with Gasteiger partial charge in [-0.25, -0.2) is 0 Å². The maximum atomic E-state index is 13.6. The van der Waals surface area contributed by atoms with E-state index in [9.17, 15) is 14.4 Å². The fourth-order valence-electron chi connectivity index (χ4n) is 4.74. The highest BCUT2D eigenvalue weighted by Crippen LogP contribution is 2.44. The van der Waals surface area contributed by atoms with E-state index >= 15 is 0 Å². The lowest BCUT2D eigenvalue weighted by atomic mass is 10.1. The van der Waals surface area contributed by atoms with Crippen molar-refractivity contribution in [2.24, 2.45) is 0 Å². The average molecular weight is 536 g/mol. The molecule has 8 heteroatoms. The maximum Gasteiger partial charge on any atom is 0.267 e. The Bertz CT molecular complexity index is 1270. The molecule has 0 spiro atoms. The second-order valence-electron chi connectivity index (χ2n) is 9.57. The van der Waals surface area contributed by atoms with E-state index in [1.165, 1.54) is 35.9 Å². The van der Waals surface area contributed by atoms with Crippen molar-refractivity contribution in [3.8, 4) is 0 Å². The third-order valence-corrected chi connectivity index (χ3v) is 8.14. The number of rotatable bonds is 10. The molecule has 0 unspecified atom stereocenters. The molecule has 1 fully saturated rings. The van der Waals surface area contributed by atoms with Gasteiger partial charge in [-0.1, -0.05) is 98.9 Å². The number of nitrogens with zero attached hydrogens (tertiary/aromatic N) is 2. The van der Waals surface area contributed by atoms with Crippen LogP contribution in [0.1, 0.15) is 62.1 Å². The summed E-state index contributed by atoms with van der Waals surface area (Å²) < 4.78 is 0.484. The summed E-state index contributed by atoms with van der Waals surface area (Å²) in [6.45, 7) is 6.53. The van der Waals surface area contributed by atoms with Gasteiger partial charge in [0, 0.05) is 17.8 Å². The summed E-state index contributed by atoms with van der Waals surface area (Å²) in [4.78, 5) is 43.4. The Morgan fingerprint density at radius 2 is 1.68 bits per heavy atom. The lowest BCUT2D eigenvalue weighted by Gasteiger charge is -2.17. The van der Waals surface area contributed by atoms with Crippen molar-refractivity contribution in [1.29, 1.82) is 0 Å². The lowest BCUT2D eigenvalue weighted by Crippen LogP contribution is -2.35. The molecular weight excluding hydrogens is 502 g/mol. The van der Waals surface area contributed by atoms with Gasteiger partial charge in [-0.05, 0) is 38.0 Å². The smallest absolute Gasteiger partial charge is 0.267 e. The number of thiocarbonyl (C=S) groups is 1. The third-order valence-electron chi connectivity index (χ3n) is 6.69. The molecular formula is C29H33N3O3S2. The van der Waals surface area contributed by atoms with Gasteiger partial charge in [-0.3, -0.25) is 24.2 Å². The Labute approximate surface area is 228 Å². The second kappa shape index (κ2) is 12.0. The number of carbonyl (C=O) groups is 3. The van der Waals surface area contributed by atoms with Crippen LogP contribution in [-0.2, 0) is 14.4 Å². The van der Waals surface area contributed by atoms with Gasteiger partial charge >= 0.3 is 0 Å². The number of nitrogens with one attached hydrogen (secondary N) is 1. The Balaban J connectivity index is 1.51. The van der Waals surface area contributed by atoms with Crippen LogP contribution in [0.3, 0.4) is 0 Å². The molecule has 2 heterocycles. The monoisotopic (exact) mass is 535 g/mol. The molecule has 2 aromatic rings. The molecule has 37 heavy (non-hydrogen) atoms. The van der Waals surface area contributed by atoms with Gasteiger partial charge in [-0.15, -0.1) is 0 Å². The van der Waals surface area contributed by atoms with Crippen molar-refractivity contribution < 1.29 is 14.4 Å². The molecule has 0 aromatic heterocycles. The lowest BCUT2D eigenvalue weighted by molar-refractivity contribution is -0.122. The van der Waals surface area contributed by atoms with Crippen LogP contribution >= 0.6 is 24.0 Å². The molecule has 0 saturated carbocycles. The summed E-state index contributed by atoms with van der Waals surface area (Å²) in [7, 11) is 0. The number of benzene rings is 2. The van der Waals surface area contributed by atoms with E-state index in [4.69, 9.17) is 12.2 Å².